The molecule has 0 aliphatic carbocycles. The van der Waals surface area contributed by atoms with Crippen molar-refractivity contribution in [2.45, 2.75) is 12.8 Å². The molecule has 0 radical (unpaired) electrons. The first-order chi connectivity index (χ1) is 5.86. The maximum Gasteiger partial charge on any atom is 0.0991 e. The van der Waals surface area contributed by atoms with Gasteiger partial charge in [-0.3, -0.25) is 0 Å². The molecule has 0 amide bonds. The van der Waals surface area contributed by atoms with Crippen LogP contribution in [0.25, 0.3) is 0 Å². The minimum atomic E-state index is 0.733. The van der Waals surface area contributed by atoms with Gasteiger partial charge < -0.3 is 0 Å². The van der Waals surface area contributed by atoms with Gasteiger partial charge in [0, 0.05) is 0 Å². The lowest BCUT2D eigenvalue weighted by Crippen LogP contribution is -1.83. The first kappa shape index (κ1) is 8.55. The Labute approximate surface area is 73.0 Å². The van der Waals surface area contributed by atoms with Crippen molar-refractivity contribution in [3.8, 4) is 6.07 Å². The molecule has 0 heterocycles. The van der Waals surface area contributed by atoms with Crippen LogP contribution in [0.5, 0.6) is 0 Å². The highest BCUT2D eigenvalue weighted by Gasteiger charge is 1.92. The van der Waals surface area contributed by atoms with E-state index in [1.54, 1.807) is 0 Å². The number of rotatable bonds is 3. The van der Waals surface area contributed by atoms with Crippen molar-refractivity contribution in [2.75, 3.05) is 0 Å². The molecule has 0 atom stereocenters. The normalized spacial score (nSPS) is 8.92. The zero-order chi connectivity index (χ0) is 8.81. The minimum Gasteiger partial charge on any atom is -0.192 e. The monoisotopic (exact) mass is 157 g/mol. The summed E-state index contributed by atoms with van der Waals surface area (Å²) in [5, 5.41) is 8.62. The zero-order valence-corrected chi connectivity index (χ0v) is 6.96. The highest BCUT2D eigenvalue weighted by Crippen LogP contribution is 2.06. The molecule has 1 heteroatoms. The lowest BCUT2D eigenvalue weighted by molar-refractivity contribution is 1.00. The molecule has 0 saturated carbocycles. The Balaban J connectivity index is 2.74. The minimum absolute atomic E-state index is 0.733. The van der Waals surface area contributed by atoms with Gasteiger partial charge in [-0.25, -0.2) is 0 Å². The molecule has 12 heavy (non-hydrogen) atoms. The Morgan fingerprint density at radius 2 is 2.33 bits per heavy atom. The van der Waals surface area contributed by atoms with E-state index < -0.39 is 0 Å². The van der Waals surface area contributed by atoms with Crippen LogP contribution in [0.1, 0.15) is 17.5 Å². The average molecular weight is 157 g/mol. The van der Waals surface area contributed by atoms with Gasteiger partial charge in [-0.15, -0.1) is 6.58 Å². The van der Waals surface area contributed by atoms with Gasteiger partial charge in [0.25, 0.3) is 0 Å². The first-order valence-corrected chi connectivity index (χ1v) is 3.97. The van der Waals surface area contributed by atoms with E-state index in [1.807, 2.05) is 30.3 Å². The SMILES string of the molecule is C=CCCc1cccc(C#N)c1. The fraction of sp³-hybridized carbons (Fsp3) is 0.182. The molecule has 60 valence electrons. The lowest BCUT2D eigenvalue weighted by Gasteiger charge is -1.97. The number of nitriles is 1. The summed E-state index contributed by atoms with van der Waals surface area (Å²) in [6.45, 7) is 3.65. The third-order valence-electron chi connectivity index (χ3n) is 1.69. The number of hydrogen-bond donors (Lipinski definition) is 0. The smallest absolute Gasteiger partial charge is 0.0991 e. The molecule has 0 N–H and O–H groups in total. The van der Waals surface area contributed by atoms with Crippen LogP contribution < -0.4 is 0 Å². The molecule has 1 aromatic rings. The van der Waals surface area contributed by atoms with Crippen LogP contribution in [0.3, 0.4) is 0 Å². The molecule has 1 nitrogen and oxygen atoms in total. The van der Waals surface area contributed by atoms with Crippen LogP contribution in [0.2, 0.25) is 0 Å². The summed E-state index contributed by atoms with van der Waals surface area (Å²) < 4.78 is 0. The maximum absolute atomic E-state index is 8.62. The van der Waals surface area contributed by atoms with Gasteiger partial charge in [0.1, 0.15) is 0 Å². The van der Waals surface area contributed by atoms with Gasteiger partial charge in [0.15, 0.2) is 0 Å². The van der Waals surface area contributed by atoms with E-state index >= 15 is 0 Å². The van der Waals surface area contributed by atoms with Crippen molar-refractivity contribution in [1.29, 1.82) is 5.26 Å². The van der Waals surface area contributed by atoms with Crippen LogP contribution in [0.15, 0.2) is 36.9 Å². The topological polar surface area (TPSA) is 23.8 Å². The molecular formula is C11H11N. The van der Waals surface area contributed by atoms with Crippen molar-refractivity contribution in [1.82, 2.24) is 0 Å². The fourth-order valence-corrected chi connectivity index (χ4v) is 1.07. The highest BCUT2D eigenvalue weighted by molar-refractivity contribution is 5.32. The van der Waals surface area contributed by atoms with E-state index in [-0.39, 0.29) is 0 Å². The second-order valence-electron chi connectivity index (χ2n) is 2.64. The van der Waals surface area contributed by atoms with Crippen molar-refractivity contribution in [3.05, 3.63) is 48.0 Å². The second-order valence-corrected chi connectivity index (χ2v) is 2.64. The number of benzene rings is 1. The maximum atomic E-state index is 8.62. The molecule has 1 rings (SSSR count). The third-order valence-corrected chi connectivity index (χ3v) is 1.69. The third kappa shape index (κ3) is 2.25. The van der Waals surface area contributed by atoms with Crippen LogP contribution in [-0.2, 0) is 6.42 Å². The molecular weight excluding hydrogens is 146 g/mol. The van der Waals surface area contributed by atoms with Crippen LogP contribution in [0.4, 0.5) is 0 Å². The summed E-state index contributed by atoms with van der Waals surface area (Å²) in [4.78, 5) is 0. The fourth-order valence-electron chi connectivity index (χ4n) is 1.07. The Morgan fingerprint density at radius 3 is 3.00 bits per heavy atom. The standard InChI is InChI=1S/C11H11N/c1-2-3-5-10-6-4-7-11(8-10)9-12/h2,4,6-8H,1,3,5H2. The summed E-state index contributed by atoms with van der Waals surface area (Å²) in [6.07, 6.45) is 3.83. The first-order valence-electron chi connectivity index (χ1n) is 3.97. The molecule has 0 fully saturated rings. The quantitative estimate of drug-likeness (QED) is 0.619. The van der Waals surface area contributed by atoms with Crippen molar-refractivity contribution in [2.24, 2.45) is 0 Å². The van der Waals surface area contributed by atoms with Crippen LogP contribution in [0, 0.1) is 11.3 Å². The number of allylic oxidation sites excluding steroid dienone is 1. The van der Waals surface area contributed by atoms with E-state index in [0.717, 1.165) is 18.4 Å². The molecule has 1 aromatic carbocycles. The molecule has 0 spiro atoms. The van der Waals surface area contributed by atoms with Gasteiger partial charge in [-0.2, -0.15) is 5.26 Å². The molecule has 0 unspecified atom stereocenters. The Morgan fingerprint density at radius 1 is 1.50 bits per heavy atom. The predicted octanol–water partition coefficient (Wildman–Crippen LogP) is 2.68. The van der Waals surface area contributed by atoms with E-state index in [2.05, 4.69) is 12.6 Å². The summed E-state index contributed by atoms with van der Waals surface area (Å²) in [7, 11) is 0. The van der Waals surface area contributed by atoms with Crippen LogP contribution in [-0.4, -0.2) is 0 Å². The zero-order valence-electron chi connectivity index (χ0n) is 6.96. The van der Waals surface area contributed by atoms with E-state index in [0.29, 0.717) is 0 Å². The van der Waals surface area contributed by atoms with Gasteiger partial charge in [-0.05, 0) is 30.5 Å². The summed E-state index contributed by atoms with van der Waals surface area (Å²) in [5.74, 6) is 0. The average Bonchev–Trinajstić information content (AvgIpc) is 2.15. The molecule has 0 aromatic heterocycles. The van der Waals surface area contributed by atoms with Crippen molar-refractivity contribution < 1.29 is 0 Å². The summed E-state index contributed by atoms with van der Waals surface area (Å²) >= 11 is 0. The number of hydrogen-bond acceptors (Lipinski definition) is 1. The van der Waals surface area contributed by atoms with E-state index in [1.165, 1.54) is 5.56 Å². The Kier molecular flexibility index (Phi) is 3.10. The molecule has 0 saturated heterocycles. The van der Waals surface area contributed by atoms with Gasteiger partial charge in [0.05, 0.1) is 11.6 Å². The van der Waals surface area contributed by atoms with Gasteiger partial charge in [0.2, 0.25) is 0 Å². The second kappa shape index (κ2) is 4.35. The van der Waals surface area contributed by atoms with Gasteiger partial charge >= 0.3 is 0 Å². The largest absolute Gasteiger partial charge is 0.192 e. The molecule has 0 aliphatic rings. The van der Waals surface area contributed by atoms with Gasteiger partial charge in [-0.1, -0.05) is 18.2 Å². The molecule has 0 aliphatic heterocycles. The van der Waals surface area contributed by atoms with Crippen molar-refractivity contribution in [3.63, 3.8) is 0 Å². The van der Waals surface area contributed by atoms with Crippen molar-refractivity contribution >= 4 is 0 Å². The summed E-state index contributed by atoms with van der Waals surface area (Å²) in [5.41, 5.74) is 1.94. The van der Waals surface area contributed by atoms with Crippen LogP contribution >= 0.6 is 0 Å². The lowest BCUT2D eigenvalue weighted by atomic mass is 10.1. The Hall–Kier alpha value is -1.55. The summed E-state index contributed by atoms with van der Waals surface area (Å²) in [6, 6.07) is 9.80. The highest BCUT2D eigenvalue weighted by atomic mass is 14.2. The Bertz CT molecular complexity index is 307. The van der Waals surface area contributed by atoms with E-state index in [4.69, 9.17) is 5.26 Å². The van der Waals surface area contributed by atoms with E-state index in [9.17, 15) is 0 Å². The molecule has 0 bridgehead atoms. The number of nitrogens with zero attached hydrogens (tertiary/aromatic N) is 1. The number of aryl methyl sites for hydroxylation is 1. The predicted molar refractivity (Wildman–Crippen MR) is 49.7 cm³/mol.